The monoisotopic (exact) mass is 395 g/mol. The van der Waals surface area contributed by atoms with Crippen molar-refractivity contribution < 1.29 is 32.2 Å². The standard InChI is InChI=1S/C18H18FNO6S/c1-26-15-8-7-13(11-14(15)19)27(24,25)10-9-16(21)20-17(18(22)23)12-5-3-2-4-6-12/h2-8,11,17H,9-10H2,1H3,(H,20,21)(H,22,23)/t17-/m0/s1. The zero-order valence-electron chi connectivity index (χ0n) is 14.4. The lowest BCUT2D eigenvalue weighted by Crippen LogP contribution is -2.34. The first-order chi connectivity index (χ1) is 12.7. The summed E-state index contributed by atoms with van der Waals surface area (Å²) in [6.07, 6.45) is -0.466. The number of hydrogen-bond donors (Lipinski definition) is 2. The van der Waals surface area contributed by atoms with Crippen LogP contribution in [-0.2, 0) is 19.4 Å². The lowest BCUT2D eigenvalue weighted by molar-refractivity contribution is -0.142. The number of nitrogens with one attached hydrogen (secondary N) is 1. The van der Waals surface area contributed by atoms with Crippen LogP contribution < -0.4 is 10.1 Å². The molecule has 27 heavy (non-hydrogen) atoms. The number of benzene rings is 2. The molecule has 0 bridgehead atoms. The first-order valence-electron chi connectivity index (χ1n) is 7.88. The summed E-state index contributed by atoms with van der Waals surface area (Å²) in [5.41, 5.74) is 0.360. The molecule has 2 N–H and O–H groups in total. The van der Waals surface area contributed by atoms with Crippen LogP contribution >= 0.6 is 0 Å². The molecule has 0 radical (unpaired) electrons. The second kappa shape index (κ2) is 8.63. The van der Waals surface area contributed by atoms with E-state index < -0.39 is 45.7 Å². The second-order valence-corrected chi connectivity index (χ2v) is 7.72. The molecule has 0 fully saturated rings. The Bertz CT molecular complexity index is 930. The van der Waals surface area contributed by atoms with E-state index in [1.54, 1.807) is 18.2 Å². The SMILES string of the molecule is COc1ccc(S(=O)(=O)CCC(=O)N[C@H](C(=O)O)c2ccccc2)cc1F. The number of hydrogen-bond acceptors (Lipinski definition) is 5. The normalized spacial score (nSPS) is 12.2. The Morgan fingerprint density at radius 2 is 1.85 bits per heavy atom. The number of ether oxygens (including phenoxy) is 1. The molecule has 9 heteroatoms. The van der Waals surface area contributed by atoms with Gasteiger partial charge in [-0.3, -0.25) is 4.79 Å². The number of sulfone groups is 1. The molecule has 2 rings (SSSR count). The fraction of sp³-hybridized carbons (Fsp3) is 0.222. The Morgan fingerprint density at radius 3 is 2.41 bits per heavy atom. The summed E-state index contributed by atoms with van der Waals surface area (Å²) in [6, 6.07) is 9.91. The molecule has 0 unspecified atom stereocenters. The Labute approximate surface area is 155 Å². The summed E-state index contributed by atoms with van der Waals surface area (Å²) in [7, 11) is -2.67. The summed E-state index contributed by atoms with van der Waals surface area (Å²) in [5, 5.41) is 11.6. The predicted molar refractivity (Wildman–Crippen MR) is 94.6 cm³/mol. The summed E-state index contributed by atoms with van der Waals surface area (Å²) in [4.78, 5) is 23.1. The fourth-order valence-corrected chi connectivity index (χ4v) is 3.60. The molecule has 144 valence electrons. The maximum Gasteiger partial charge on any atom is 0.330 e. The van der Waals surface area contributed by atoms with Gasteiger partial charge in [0.15, 0.2) is 27.4 Å². The minimum Gasteiger partial charge on any atom is -0.494 e. The molecular formula is C18H18FNO6S. The van der Waals surface area contributed by atoms with Gasteiger partial charge in [0.05, 0.1) is 17.8 Å². The van der Waals surface area contributed by atoms with Crippen molar-refractivity contribution in [3.63, 3.8) is 0 Å². The van der Waals surface area contributed by atoms with Crippen LogP contribution in [0, 0.1) is 5.82 Å². The van der Waals surface area contributed by atoms with Crippen LogP contribution in [0.3, 0.4) is 0 Å². The van der Waals surface area contributed by atoms with E-state index in [9.17, 15) is 27.5 Å². The third-order valence-corrected chi connectivity index (χ3v) is 5.48. The largest absolute Gasteiger partial charge is 0.494 e. The highest BCUT2D eigenvalue weighted by atomic mass is 32.2. The molecule has 0 aromatic heterocycles. The summed E-state index contributed by atoms with van der Waals surface area (Å²) in [5.74, 6) is -3.54. The van der Waals surface area contributed by atoms with Gasteiger partial charge in [-0.2, -0.15) is 0 Å². The lowest BCUT2D eigenvalue weighted by atomic mass is 10.1. The maximum absolute atomic E-state index is 13.7. The van der Waals surface area contributed by atoms with Crippen LogP contribution in [-0.4, -0.2) is 38.3 Å². The van der Waals surface area contributed by atoms with E-state index in [0.717, 1.165) is 6.07 Å². The molecule has 7 nitrogen and oxygen atoms in total. The van der Waals surface area contributed by atoms with Crippen molar-refractivity contribution in [2.75, 3.05) is 12.9 Å². The third kappa shape index (κ3) is 5.27. The van der Waals surface area contributed by atoms with Crippen LogP contribution in [0.2, 0.25) is 0 Å². The van der Waals surface area contributed by atoms with E-state index in [1.807, 2.05) is 0 Å². The Kier molecular flexibility index (Phi) is 6.51. The summed E-state index contributed by atoms with van der Waals surface area (Å²) in [6.45, 7) is 0. The highest BCUT2D eigenvalue weighted by Crippen LogP contribution is 2.22. The van der Waals surface area contributed by atoms with Crippen LogP contribution in [0.25, 0.3) is 0 Å². The zero-order valence-corrected chi connectivity index (χ0v) is 15.2. The number of carbonyl (C=O) groups excluding carboxylic acids is 1. The molecule has 1 amide bonds. The van der Waals surface area contributed by atoms with Crippen molar-refractivity contribution in [1.82, 2.24) is 5.32 Å². The summed E-state index contributed by atoms with van der Waals surface area (Å²) < 4.78 is 43.0. The van der Waals surface area contributed by atoms with Gasteiger partial charge in [0.2, 0.25) is 5.91 Å². The van der Waals surface area contributed by atoms with Crippen LogP contribution in [0.15, 0.2) is 53.4 Å². The molecule has 2 aromatic carbocycles. The van der Waals surface area contributed by atoms with Gasteiger partial charge in [-0.05, 0) is 23.8 Å². The molecule has 0 spiro atoms. The molecular weight excluding hydrogens is 377 g/mol. The highest BCUT2D eigenvalue weighted by Gasteiger charge is 2.24. The van der Waals surface area contributed by atoms with Gasteiger partial charge in [-0.15, -0.1) is 0 Å². The van der Waals surface area contributed by atoms with Crippen molar-refractivity contribution in [3.8, 4) is 5.75 Å². The van der Waals surface area contributed by atoms with Crippen LogP contribution in [0.4, 0.5) is 4.39 Å². The smallest absolute Gasteiger partial charge is 0.330 e. The number of carbonyl (C=O) groups is 2. The summed E-state index contributed by atoms with van der Waals surface area (Å²) >= 11 is 0. The fourth-order valence-electron chi connectivity index (χ4n) is 2.35. The number of carboxylic acid groups (broad SMARTS) is 1. The van der Waals surface area contributed by atoms with Crippen LogP contribution in [0.5, 0.6) is 5.75 Å². The highest BCUT2D eigenvalue weighted by molar-refractivity contribution is 7.91. The number of methoxy groups -OCH3 is 1. The van der Waals surface area contributed by atoms with E-state index >= 15 is 0 Å². The van der Waals surface area contributed by atoms with Gasteiger partial charge in [0, 0.05) is 6.42 Å². The topological polar surface area (TPSA) is 110 Å². The molecule has 0 saturated carbocycles. The average molecular weight is 395 g/mol. The van der Waals surface area contributed by atoms with Gasteiger partial charge < -0.3 is 15.2 Å². The number of amides is 1. The number of rotatable bonds is 8. The quantitative estimate of drug-likeness (QED) is 0.707. The Balaban J connectivity index is 2.05. The van der Waals surface area contributed by atoms with E-state index in [1.165, 1.54) is 31.4 Å². The predicted octanol–water partition coefficient (Wildman–Crippen LogP) is 1.94. The minimum absolute atomic E-state index is 0.0983. The van der Waals surface area contributed by atoms with Crippen molar-refractivity contribution in [1.29, 1.82) is 0 Å². The van der Waals surface area contributed by atoms with Gasteiger partial charge in [-0.25, -0.2) is 17.6 Å². The number of halogens is 1. The minimum atomic E-state index is -3.93. The lowest BCUT2D eigenvalue weighted by Gasteiger charge is -2.15. The molecule has 0 heterocycles. The molecule has 1 atom stereocenters. The van der Waals surface area contributed by atoms with Crippen molar-refractivity contribution in [3.05, 3.63) is 59.9 Å². The average Bonchev–Trinajstić information content (AvgIpc) is 2.65. The van der Waals surface area contributed by atoms with Gasteiger partial charge in [-0.1, -0.05) is 30.3 Å². The molecule has 0 aliphatic carbocycles. The molecule has 2 aromatic rings. The molecule has 0 saturated heterocycles. The van der Waals surface area contributed by atoms with E-state index in [4.69, 9.17) is 4.74 Å². The Morgan fingerprint density at radius 1 is 1.19 bits per heavy atom. The number of carboxylic acids is 1. The van der Waals surface area contributed by atoms with Gasteiger partial charge >= 0.3 is 5.97 Å². The van der Waals surface area contributed by atoms with Crippen molar-refractivity contribution in [2.24, 2.45) is 0 Å². The number of aliphatic carboxylic acids is 1. The third-order valence-electron chi connectivity index (χ3n) is 3.77. The van der Waals surface area contributed by atoms with Crippen molar-refractivity contribution >= 4 is 21.7 Å². The van der Waals surface area contributed by atoms with Gasteiger partial charge in [0.1, 0.15) is 0 Å². The molecule has 0 aliphatic rings. The first-order valence-corrected chi connectivity index (χ1v) is 9.53. The zero-order chi connectivity index (χ0) is 20.0. The van der Waals surface area contributed by atoms with Crippen molar-refractivity contribution in [2.45, 2.75) is 17.4 Å². The first kappa shape index (κ1) is 20.4. The van der Waals surface area contributed by atoms with E-state index in [2.05, 4.69) is 5.32 Å². The maximum atomic E-state index is 13.7. The van der Waals surface area contributed by atoms with Gasteiger partial charge in [0.25, 0.3) is 0 Å². The van der Waals surface area contributed by atoms with E-state index in [0.29, 0.717) is 5.56 Å². The second-order valence-electron chi connectivity index (χ2n) is 5.61. The Hall–Kier alpha value is -2.94. The van der Waals surface area contributed by atoms with E-state index in [-0.39, 0.29) is 10.6 Å². The van der Waals surface area contributed by atoms with Crippen LogP contribution in [0.1, 0.15) is 18.0 Å². The molecule has 0 aliphatic heterocycles.